The van der Waals surface area contributed by atoms with Gasteiger partial charge in [-0.3, -0.25) is 0 Å². The average Bonchev–Trinajstić information content (AvgIpc) is 3.61. The molecule has 7 rings (SSSR count). The molecule has 0 saturated carbocycles. The molecule has 0 aliphatic heterocycles. The molecule has 0 spiro atoms. The quantitative estimate of drug-likeness (QED) is 0.156. The third-order valence-electron chi connectivity index (χ3n) is 9.97. The number of nitrogens with zero attached hydrogens (tertiary/aromatic N) is 2. The van der Waals surface area contributed by atoms with E-state index in [2.05, 4.69) is 158 Å². The highest BCUT2D eigenvalue weighted by Crippen LogP contribution is 2.36. The lowest BCUT2D eigenvalue weighted by Crippen LogP contribution is -2.02. The van der Waals surface area contributed by atoms with Gasteiger partial charge in [-0.25, -0.2) is 0 Å². The third kappa shape index (κ3) is 5.71. The maximum Gasteiger partial charge on any atom is 0.0494 e. The fourth-order valence-electron chi connectivity index (χ4n) is 7.80. The minimum Gasteiger partial charge on any atom is -0.310 e. The van der Waals surface area contributed by atoms with Crippen molar-refractivity contribution in [1.29, 1.82) is 0 Å². The predicted molar refractivity (Wildman–Crippen MR) is 203 cm³/mol. The van der Waals surface area contributed by atoms with Gasteiger partial charge in [-0.1, -0.05) is 86.7 Å². The van der Waals surface area contributed by atoms with Gasteiger partial charge in [0.2, 0.25) is 0 Å². The molecule has 3 aromatic carbocycles. The van der Waals surface area contributed by atoms with E-state index in [1.54, 1.807) is 11.1 Å². The van der Waals surface area contributed by atoms with E-state index in [1.807, 2.05) is 0 Å². The number of hydrogen-bond donors (Lipinski definition) is 0. The summed E-state index contributed by atoms with van der Waals surface area (Å²) in [6, 6.07) is 27.4. The Morgan fingerprint density at radius 2 is 0.979 bits per heavy atom. The molecule has 2 heteroatoms. The average molecular weight is 615 g/mol. The Labute approximate surface area is 281 Å². The van der Waals surface area contributed by atoms with Gasteiger partial charge in [0.05, 0.1) is 0 Å². The van der Waals surface area contributed by atoms with Crippen LogP contribution in [0.1, 0.15) is 96.7 Å². The van der Waals surface area contributed by atoms with Gasteiger partial charge in [-0.05, 0) is 152 Å². The zero-order valence-corrected chi connectivity index (χ0v) is 28.4. The molecular weight excluding hydrogens is 569 g/mol. The van der Waals surface area contributed by atoms with Crippen molar-refractivity contribution in [1.82, 2.24) is 9.13 Å². The highest BCUT2D eigenvalue weighted by Gasteiger charge is 2.23. The van der Waals surface area contributed by atoms with Crippen LogP contribution in [0.15, 0.2) is 97.1 Å². The normalized spacial score (nSPS) is 14.0. The Bertz CT molecular complexity index is 1920. The lowest BCUT2D eigenvalue weighted by molar-refractivity contribution is 0.922. The van der Waals surface area contributed by atoms with Crippen LogP contribution in [0.4, 0.5) is 0 Å². The van der Waals surface area contributed by atoms with Gasteiger partial charge >= 0.3 is 0 Å². The number of rotatable bonds is 9. The Balaban J connectivity index is 1.10. The van der Waals surface area contributed by atoms with E-state index in [0.717, 1.165) is 44.9 Å². The summed E-state index contributed by atoms with van der Waals surface area (Å²) in [6.07, 6.45) is 25.8. The largest absolute Gasteiger partial charge is 0.310 e. The van der Waals surface area contributed by atoms with Crippen LogP contribution in [0.3, 0.4) is 0 Å². The summed E-state index contributed by atoms with van der Waals surface area (Å²) in [5.74, 6) is 0. The van der Waals surface area contributed by atoms with E-state index in [9.17, 15) is 0 Å². The first-order valence-corrected chi connectivity index (χ1v) is 17.6. The van der Waals surface area contributed by atoms with Crippen LogP contribution in [0.25, 0.3) is 46.8 Å². The first-order valence-electron chi connectivity index (χ1n) is 17.6. The van der Waals surface area contributed by atoms with Crippen molar-refractivity contribution in [2.24, 2.45) is 0 Å². The van der Waals surface area contributed by atoms with Crippen molar-refractivity contribution >= 4 is 24.3 Å². The monoisotopic (exact) mass is 614 g/mol. The van der Waals surface area contributed by atoms with Gasteiger partial charge in [-0.2, -0.15) is 0 Å². The van der Waals surface area contributed by atoms with Crippen LogP contribution in [-0.4, -0.2) is 9.13 Å². The Morgan fingerprint density at radius 3 is 1.45 bits per heavy atom. The van der Waals surface area contributed by atoms with E-state index >= 15 is 0 Å². The Morgan fingerprint density at radius 1 is 0.553 bits per heavy atom. The molecule has 0 unspecified atom stereocenters. The fourth-order valence-corrected chi connectivity index (χ4v) is 7.80. The summed E-state index contributed by atoms with van der Waals surface area (Å²) in [4.78, 5) is 0. The van der Waals surface area contributed by atoms with Crippen molar-refractivity contribution in [3.8, 4) is 22.5 Å². The second-order valence-electron chi connectivity index (χ2n) is 12.8. The fraction of sp³-hybridized carbons (Fsp3) is 0.244. The van der Waals surface area contributed by atoms with E-state index in [-0.39, 0.29) is 0 Å². The van der Waals surface area contributed by atoms with Crippen LogP contribution in [0.2, 0.25) is 0 Å². The molecule has 236 valence electrons. The molecule has 2 aromatic heterocycles. The van der Waals surface area contributed by atoms with E-state index in [0.29, 0.717) is 0 Å². The zero-order chi connectivity index (χ0) is 32.3. The number of aromatic nitrogens is 2. The van der Waals surface area contributed by atoms with E-state index in [1.165, 1.54) is 67.5 Å². The Kier molecular flexibility index (Phi) is 8.85. The van der Waals surface area contributed by atoms with Crippen LogP contribution in [-0.2, 0) is 32.1 Å². The molecular formula is C45H46N2. The minimum absolute atomic E-state index is 0.926. The van der Waals surface area contributed by atoms with Crippen LogP contribution >= 0.6 is 0 Å². The van der Waals surface area contributed by atoms with Gasteiger partial charge in [0.15, 0.2) is 0 Å². The summed E-state index contributed by atoms with van der Waals surface area (Å²) >= 11 is 0. The van der Waals surface area contributed by atoms with Gasteiger partial charge in [0, 0.05) is 34.2 Å². The molecule has 0 saturated heterocycles. The second-order valence-corrected chi connectivity index (χ2v) is 12.8. The van der Waals surface area contributed by atoms with Gasteiger partial charge in [-0.15, -0.1) is 0 Å². The maximum absolute atomic E-state index is 2.48. The number of benzene rings is 3. The number of hydrogen-bond acceptors (Lipinski definition) is 0. The Hall–Kier alpha value is -4.82. The minimum atomic E-state index is 0.926. The molecule has 2 nitrogen and oxygen atoms in total. The molecule has 0 N–H and O–H groups in total. The van der Waals surface area contributed by atoms with Crippen molar-refractivity contribution in [2.45, 2.75) is 72.6 Å². The van der Waals surface area contributed by atoms with Crippen molar-refractivity contribution in [2.75, 3.05) is 0 Å². The smallest absolute Gasteiger partial charge is 0.0494 e. The molecule has 0 radical (unpaired) electrons. The molecule has 0 bridgehead atoms. The van der Waals surface area contributed by atoms with Crippen molar-refractivity contribution in [3.63, 3.8) is 0 Å². The highest BCUT2D eigenvalue weighted by molar-refractivity contribution is 5.71. The van der Waals surface area contributed by atoms with Crippen LogP contribution < -0.4 is 0 Å². The lowest BCUT2D eigenvalue weighted by atomic mass is 9.94. The first kappa shape index (κ1) is 30.8. The topological polar surface area (TPSA) is 9.86 Å². The van der Waals surface area contributed by atoms with Crippen LogP contribution in [0, 0.1) is 0 Å². The van der Waals surface area contributed by atoms with Gasteiger partial charge in [0.1, 0.15) is 0 Å². The molecule has 2 aliphatic carbocycles. The summed E-state index contributed by atoms with van der Waals surface area (Å²) < 4.78 is 4.91. The standard InChI is InChI=1S/C45H46N2/c1-5-13-42-38(7-3)39(8-4)43(14-6-2)46(42)37-29-25-35(26-30-37)34-23-19-32(20-24-34)31-33-21-27-36(28-22-33)47-44-17-11-9-15-40(44)41-16-10-12-18-45(41)47/h5-6,11-14,17-30H,7-10,15-16,31H2,1-4H3/b13-5-,14-6-. The van der Waals surface area contributed by atoms with Crippen molar-refractivity contribution < 1.29 is 0 Å². The van der Waals surface area contributed by atoms with E-state index in [4.69, 9.17) is 0 Å². The summed E-state index contributed by atoms with van der Waals surface area (Å²) in [7, 11) is 0. The lowest BCUT2D eigenvalue weighted by Gasteiger charge is -2.14. The third-order valence-corrected chi connectivity index (χ3v) is 9.97. The summed E-state index contributed by atoms with van der Waals surface area (Å²) in [5, 5.41) is 0. The van der Waals surface area contributed by atoms with E-state index < -0.39 is 0 Å². The molecule has 0 fully saturated rings. The molecule has 0 amide bonds. The molecule has 5 aromatic rings. The molecule has 2 aliphatic rings. The first-order chi connectivity index (χ1) is 23.1. The van der Waals surface area contributed by atoms with Crippen molar-refractivity contribution in [3.05, 3.63) is 153 Å². The molecule has 47 heavy (non-hydrogen) atoms. The SMILES string of the molecule is C/C=C\c1c(CC)c(CC)c(/C=C\C)n1-c1ccc(-c2ccc(Cc3ccc(-n4c5c(c6c4C=CCC6)CCC=C5)cc3)cc2)cc1. The van der Waals surface area contributed by atoms with Gasteiger partial charge < -0.3 is 9.13 Å². The molecule has 0 atom stereocenters. The molecule has 2 heterocycles. The second kappa shape index (κ2) is 13.5. The van der Waals surface area contributed by atoms with Gasteiger partial charge in [0.25, 0.3) is 0 Å². The number of allylic oxidation sites excluding steroid dienone is 4. The highest BCUT2D eigenvalue weighted by atomic mass is 15.0. The zero-order valence-electron chi connectivity index (χ0n) is 28.4. The summed E-state index contributed by atoms with van der Waals surface area (Å²) in [6.45, 7) is 8.75. The predicted octanol–water partition coefficient (Wildman–Crippen LogP) is 11.6. The summed E-state index contributed by atoms with van der Waals surface area (Å²) in [5.41, 5.74) is 19.0. The number of fused-ring (bicyclic) bond motifs is 3. The van der Waals surface area contributed by atoms with Crippen LogP contribution in [0.5, 0.6) is 0 Å². The maximum atomic E-state index is 2.48.